The number of halogens is 4. The molecule has 0 aromatic carbocycles. The summed E-state index contributed by atoms with van der Waals surface area (Å²) in [6.07, 6.45) is -5.20. The molecule has 1 fully saturated rings. The van der Waals surface area contributed by atoms with Crippen LogP contribution >= 0.6 is 11.6 Å². The van der Waals surface area contributed by atoms with Crippen molar-refractivity contribution >= 4 is 21.6 Å². The zero-order chi connectivity index (χ0) is 12.4. The molecule has 0 aromatic rings. The number of alkyl halides is 4. The molecule has 0 aromatic heterocycles. The minimum atomic E-state index is -4.30. The maximum atomic E-state index is 11.8. The van der Waals surface area contributed by atoms with Crippen LogP contribution in [0.5, 0.6) is 0 Å². The van der Waals surface area contributed by atoms with Gasteiger partial charge in [-0.15, -0.1) is 11.6 Å². The highest BCUT2D eigenvalue weighted by Crippen LogP contribution is 2.23. The second-order valence-corrected chi connectivity index (χ2v) is 6.48. The van der Waals surface area contributed by atoms with Gasteiger partial charge in [-0.25, -0.2) is 12.7 Å². The van der Waals surface area contributed by atoms with E-state index in [2.05, 4.69) is 0 Å². The van der Waals surface area contributed by atoms with Crippen molar-refractivity contribution in [1.82, 2.24) is 4.31 Å². The molecule has 1 saturated heterocycles. The summed E-state index contributed by atoms with van der Waals surface area (Å²) in [5.74, 6) is -0.462. The summed E-state index contributed by atoms with van der Waals surface area (Å²) in [7, 11) is -3.57. The molecule has 0 bridgehead atoms. The fourth-order valence-electron chi connectivity index (χ4n) is 1.52. The van der Waals surface area contributed by atoms with Crippen molar-refractivity contribution in [3.05, 3.63) is 0 Å². The minimum Gasteiger partial charge on any atom is -0.212 e. The highest BCUT2D eigenvalue weighted by atomic mass is 35.5. The van der Waals surface area contributed by atoms with Crippen molar-refractivity contribution in [3.8, 4) is 0 Å². The summed E-state index contributed by atoms with van der Waals surface area (Å²) in [5.41, 5.74) is 0. The number of hydrogen-bond donors (Lipinski definition) is 0. The van der Waals surface area contributed by atoms with E-state index in [4.69, 9.17) is 11.6 Å². The van der Waals surface area contributed by atoms with Crippen LogP contribution in [0, 0.1) is 0 Å². The molecule has 1 aliphatic heterocycles. The van der Waals surface area contributed by atoms with Crippen LogP contribution in [-0.4, -0.2) is 43.1 Å². The SMILES string of the molecule is O=S(=O)(CCCC(F)(F)F)N1CCC(Cl)C1. The normalized spacial score (nSPS) is 23.9. The van der Waals surface area contributed by atoms with Gasteiger partial charge in [-0.05, 0) is 12.8 Å². The molecule has 1 rings (SSSR count). The van der Waals surface area contributed by atoms with Crippen LogP contribution in [-0.2, 0) is 10.0 Å². The van der Waals surface area contributed by atoms with Gasteiger partial charge in [0.15, 0.2) is 0 Å². The van der Waals surface area contributed by atoms with Crippen molar-refractivity contribution in [2.75, 3.05) is 18.8 Å². The molecule has 0 saturated carbocycles. The molecule has 3 nitrogen and oxygen atoms in total. The van der Waals surface area contributed by atoms with Crippen LogP contribution in [0.25, 0.3) is 0 Å². The Bertz CT molecular complexity index is 331. The second kappa shape index (κ2) is 5.10. The van der Waals surface area contributed by atoms with Crippen LogP contribution in [0.2, 0.25) is 0 Å². The van der Waals surface area contributed by atoms with Crippen molar-refractivity contribution < 1.29 is 21.6 Å². The monoisotopic (exact) mass is 279 g/mol. The van der Waals surface area contributed by atoms with E-state index in [-0.39, 0.29) is 11.9 Å². The van der Waals surface area contributed by atoms with E-state index in [0.717, 1.165) is 0 Å². The first-order valence-corrected chi connectivity index (χ1v) is 6.94. The average Bonchev–Trinajstić information content (AvgIpc) is 2.49. The fraction of sp³-hybridized carbons (Fsp3) is 1.00. The maximum absolute atomic E-state index is 11.8. The molecule has 0 N–H and O–H groups in total. The third kappa shape index (κ3) is 4.47. The van der Waals surface area contributed by atoms with Crippen molar-refractivity contribution in [1.29, 1.82) is 0 Å². The van der Waals surface area contributed by atoms with E-state index in [1.807, 2.05) is 0 Å². The summed E-state index contributed by atoms with van der Waals surface area (Å²) in [6, 6.07) is 0. The molecule has 0 aliphatic carbocycles. The van der Waals surface area contributed by atoms with E-state index in [0.29, 0.717) is 13.0 Å². The molecule has 1 aliphatic rings. The van der Waals surface area contributed by atoms with Gasteiger partial charge in [0.2, 0.25) is 10.0 Å². The van der Waals surface area contributed by atoms with Crippen LogP contribution in [0.3, 0.4) is 0 Å². The van der Waals surface area contributed by atoms with Crippen LogP contribution < -0.4 is 0 Å². The van der Waals surface area contributed by atoms with E-state index in [1.54, 1.807) is 0 Å². The zero-order valence-corrected chi connectivity index (χ0v) is 10.1. The molecule has 16 heavy (non-hydrogen) atoms. The molecular formula is C8H13ClF3NO2S. The standard InChI is InChI=1S/C8H13ClF3NO2S/c9-7-2-4-13(6-7)16(14,15)5-1-3-8(10,11)12/h7H,1-6H2. The predicted octanol–water partition coefficient (Wildman–Crippen LogP) is 1.97. The first-order valence-electron chi connectivity index (χ1n) is 4.89. The molecule has 8 heteroatoms. The summed E-state index contributed by atoms with van der Waals surface area (Å²) >= 11 is 5.73. The Labute approximate surface area is 97.6 Å². The Morgan fingerprint density at radius 2 is 2.00 bits per heavy atom. The van der Waals surface area contributed by atoms with Crippen LogP contribution in [0.15, 0.2) is 0 Å². The quantitative estimate of drug-likeness (QED) is 0.738. The number of nitrogens with zero attached hydrogens (tertiary/aromatic N) is 1. The fourth-order valence-corrected chi connectivity index (χ4v) is 3.43. The maximum Gasteiger partial charge on any atom is 0.389 e. The number of hydrogen-bond acceptors (Lipinski definition) is 2. The third-order valence-corrected chi connectivity index (χ3v) is 4.63. The van der Waals surface area contributed by atoms with E-state index >= 15 is 0 Å². The third-order valence-electron chi connectivity index (χ3n) is 2.35. The molecule has 0 amide bonds. The van der Waals surface area contributed by atoms with Gasteiger partial charge in [-0.2, -0.15) is 13.2 Å². The highest BCUT2D eigenvalue weighted by Gasteiger charge is 2.32. The second-order valence-electron chi connectivity index (χ2n) is 3.78. The molecule has 0 radical (unpaired) electrons. The van der Waals surface area contributed by atoms with Gasteiger partial charge >= 0.3 is 6.18 Å². The largest absolute Gasteiger partial charge is 0.389 e. The molecular weight excluding hydrogens is 267 g/mol. The average molecular weight is 280 g/mol. The molecule has 1 atom stereocenters. The molecule has 1 heterocycles. The lowest BCUT2D eigenvalue weighted by Gasteiger charge is -2.15. The summed E-state index contributed by atoms with van der Waals surface area (Å²) in [5, 5.41) is -0.225. The lowest BCUT2D eigenvalue weighted by molar-refractivity contribution is -0.134. The first-order chi connectivity index (χ1) is 7.21. The van der Waals surface area contributed by atoms with Gasteiger partial charge in [0.25, 0.3) is 0 Å². The molecule has 96 valence electrons. The van der Waals surface area contributed by atoms with Crippen molar-refractivity contribution in [3.63, 3.8) is 0 Å². The van der Waals surface area contributed by atoms with Gasteiger partial charge in [-0.3, -0.25) is 0 Å². The lowest BCUT2D eigenvalue weighted by atomic mass is 10.3. The van der Waals surface area contributed by atoms with Crippen molar-refractivity contribution in [2.24, 2.45) is 0 Å². The summed E-state index contributed by atoms with van der Waals surface area (Å²) < 4.78 is 59.8. The Balaban J connectivity index is 2.41. The molecule has 0 spiro atoms. The van der Waals surface area contributed by atoms with E-state index in [9.17, 15) is 21.6 Å². The van der Waals surface area contributed by atoms with Gasteiger partial charge in [0.1, 0.15) is 0 Å². The van der Waals surface area contributed by atoms with Crippen molar-refractivity contribution in [2.45, 2.75) is 30.8 Å². The first kappa shape index (κ1) is 14.1. The van der Waals surface area contributed by atoms with E-state index in [1.165, 1.54) is 4.31 Å². The highest BCUT2D eigenvalue weighted by molar-refractivity contribution is 7.89. The Morgan fingerprint density at radius 3 is 2.44 bits per heavy atom. The molecule has 1 unspecified atom stereocenters. The topological polar surface area (TPSA) is 37.4 Å². The minimum absolute atomic E-state index is 0.204. The Kier molecular flexibility index (Phi) is 4.48. The Hall–Kier alpha value is -0.0100. The van der Waals surface area contributed by atoms with Gasteiger partial charge in [-0.1, -0.05) is 0 Å². The summed E-state index contributed by atoms with van der Waals surface area (Å²) in [6.45, 7) is 0.512. The number of sulfonamides is 1. The number of rotatable bonds is 4. The Morgan fingerprint density at radius 1 is 1.38 bits per heavy atom. The predicted molar refractivity (Wildman–Crippen MR) is 54.9 cm³/mol. The van der Waals surface area contributed by atoms with Gasteiger partial charge < -0.3 is 0 Å². The van der Waals surface area contributed by atoms with Crippen LogP contribution in [0.1, 0.15) is 19.3 Å². The van der Waals surface area contributed by atoms with Crippen LogP contribution in [0.4, 0.5) is 13.2 Å². The van der Waals surface area contributed by atoms with Gasteiger partial charge in [0, 0.05) is 24.9 Å². The van der Waals surface area contributed by atoms with Gasteiger partial charge in [0.05, 0.1) is 5.75 Å². The lowest BCUT2D eigenvalue weighted by Crippen LogP contribution is -2.31. The summed E-state index contributed by atoms with van der Waals surface area (Å²) in [4.78, 5) is 0. The smallest absolute Gasteiger partial charge is 0.212 e. The zero-order valence-electron chi connectivity index (χ0n) is 8.50. The van der Waals surface area contributed by atoms with E-state index < -0.39 is 34.8 Å².